The van der Waals surface area contributed by atoms with Gasteiger partial charge >= 0.3 is 5.97 Å². The SMILES string of the molecule is O=C(O)/C=C/c1ccc(N2CCSCC2)cc1Cl. The average Bonchev–Trinajstić information content (AvgIpc) is 2.38. The van der Waals surface area contributed by atoms with Crippen molar-refractivity contribution in [2.24, 2.45) is 0 Å². The van der Waals surface area contributed by atoms with E-state index in [0.29, 0.717) is 5.02 Å². The molecule has 0 bridgehead atoms. The van der Waals surface area contributed by atoms with E-state index in [1.165, 1.54) is 6.08 Å². The predicted octanol–water partition coefficient (Wildman–Crippen LogP) is 2.99. The van der Waals surface area contributed by atoms with Gasteiger partial charge in [-0.25, -0.2) is 4.79 Å². The Bertz CT molecular complexity index is 470. The van der Waals surface area contributed by atoms with Crippen molar-refractivity contribution in [2.45, 2.75) is 0 Å². The third kappa shape index (κ3) is 3.43. The molecule has 1 aliphatic rings. The number of anilines is 1. The van der Waals surface area contributed by atoms with Crippen LogP contribution in [0.3, 0.4) is 0 Å². The molecule has 1 heterocycles. The molecule has 1 fully saturated rings. The molecule has 0 radical (unpaired) electrons. The number of carbonyl (C=O) groups is 1. The van der Waals surface area contributed by atoms with Crippen LogP contribution in [0, 0.1) is 0 Å². The number of hydrogen-bond acceptors (Lipinski definition) is 3. The number of carboxylic acid groups (broad SMARTS) is 1. The smallest absolute Gasteiger partial charge is 0.328 e. The van der Waals surface area contributed by atoms with Gasteiger partial charge < -0.3 is 10.0 Å². The zero-order chi connectivity index (χ0) is 13.0. The number of halogens is 1. The molecule has 2 rings (SSSR count). The van der Waals surface area contributed by atoms with Crippen molar-refractivity contribution in [3.05, 3.63) is 34.9 Å². The molecule has 0 aliphatic carbocycles. The Balaban J connectivity index is 2.16. The lowest BCUT2D eigenvalue weighted by Crippen LogP contribution is -2.32. The highest BCUT2D eigenvalue weighted by Crippen LogP contribution is 2.26. The third-order valence-corrected chi connectivity index (χ3v) is 4.04. The monoisotopic (exact) mass is 283 g/mol. The maximum atomic E-state index is 10.5. The van der Waals surface area contributed by atoms with Crippen molar-refractivity contribution in [1.29, 1.82) is 0 Å². The largest absolute Gasteiger partial charge is 0.478 e. The van der Waals surface area contributed by atoms with Crippen molar-refractivity contribution in [3.8, 4) is 0 Å². The van der Waals surface area contributed by atoms with E-state index in [4.69, 9.17) is 16.7 Å². The van der Waals surface area contributed by atoms with Gasteiger partial charge in [-0.2, -0.15) is 11.8 Å². The Morgan fingerprint density at radius 1 is 1.39 bits per heavy atom. The Morgan fingerprint density at radius 3 is 2.72 bits per heavy atom. The van der Waals surface area contributed by atoms with Gasteiger partial charge in [0.25, 0.3) is 0 Å². The van der Waals surface area contributed by atoms with Gasteiger partial charge in [0.05, 0.1) is 0 Å². The Labute approximate surface area is 115 Å². The van der Waals surface area contributed by atoms with Gasteiger partial charge in [-0.1, -0.05) is 17.7 Å². The first-order chi connectivity index (χ1) is 8.66. The van der Waals surface area contributed by atoms with Crippen molar-refractivity contribution >= 4 is 41.1 Å². The third-order valence-electron chi connectivity index (χ3n) is 2.77. The standard InChI is InChI=1S/C13H14ClNO2S/c14-12-9-11(15-5-7-18-8-6-15)3-1-10(12)2-4-13(16)17/h1-4,9H,5-8H2,(H,16,17)/b4-2+. The maximum Gasteiger partial charge on any atom is 0.328 e. The minimum Gasteiger partial charge on any atom is -0.478 e. The van der Waals surface area contributed by atoms with Gasteiger partial charge in [-0.15, -0.1) is 0 Å². The van der Waals surface area contributed by atoms with E-state index >= 15 is 0 Å². The lowest BCUT2D eigenvalue weighted by Gasteiger charge is -2.28. The molecule has 96 valence electrons. The van der Waals surface area contributed by atoms with E-state index in [0.717, 1.165) is 41.9 Å². The number of nitrogens with zero attached hydrogens (tertiary/aromatic N) is 1. The summed E-state index contributed by atoms with van der Waals surface area (Å²) in [7, 11) is 0. The fourth-order valence-electron chi connectivity index (χ4n) is 1.83. The van der Waals surface area contributed by atoms with Crippen molar-refractivity contribution in [2.75, 3.05) is 29.5 Å². The summed E-state index contributed by atoms with van der Waals surface area (Å²) < 4.78 is 0. The summed E-state index contributed by atoms with van der Waals surface area (Å²) >= 11 is 8.12. The molecule has 1 N–H and O–H groups in total. The Hall–Kier alpha value is -1.13. The number of benzene rings is 1. The first-order valence-electron chi connectivity index (χ1n) is 5.70. The van der Waals surface area contributed by atoms with Gasteiger partial charge in [0, 0.05) is 41.4 Å². The fraction of sp³-hybridized carbons (Fsp3) is 0.308. The fourth-order valence-corrected chi connectivity index (χ4v) is 2.97. The predicted molar refractivity (Wildman–Crippen MR) is 77.7 cm³/mol. The average molecular weight is 284 g/mol. The quantitative estimate of drug-likeness (QED) is 0.866. The Kier molecular flexibility index (Phi) is 4.55. The van der Waals surface area contributed by atoms with Crippen LogP contribution in [0.25, 0.3) is 6.08 Å². The summed E-state index contributed by atoms with van der Waals surface area (Å²) in [6.07, 6.45) is 2.61. The first-order valence-corrected chi connectivity index (χ1v) is 7.23. The minimum absolute atomic E-state index is 0.586. The molecular weight excluding hydrogens is 270 g/mol. The van der Waals surface area contributed by atoms with Crippen LogP contribution >= 0.6 is 23.4 Å². The van der Waals surface area contributed by atoms with Gasteiger partial charge in [0.15, 0.2) is 0 Å². The maximum absolute atomic E-state index is 10.5. The molecule has 0 spiro atoms. The van der Waals surface area contributed by atoms with Gasteiger partial charge in [0.1, 0.15) is 0 Å². The molecule has 1 aromatic rings. The summed E-state index contributed by atoms with van der Waals surface area (Å²) in [4.78, 5) is 12.8. The van der Waals surface area contributed by atoms with E-state index in [-0.39, 0.29) is 0 Å². The molecule has 1 saturated heterocycles. The van der Waals surface area contributed by atoms with Crippen LogP contribution in [-0.4, -0.2) is 35.7 Å². The number of rotatable bonds is 3. The number of thioether (sulfide) groups is 1. The second-order valence-electron chi connectivity index (χ2n) is 3.98. The molecular formula is C13H14ClNO2S. The summed E-state index contributed by atoms with van der Waals surface area (Å²) in [6, 6.07) is 5.75. The van der Waals surface area contributed by atoms with Crippen LogP contribution in [0.2, 0.25) is 5.02 Å². The van der Waals surface area contributed by atoms with Crippen LogP contribution < -0.4 is 4.90 Å². The summed E-state index contributed by atoms with van der Waals surface area (Å²) in [5.41, 5.74) is 1.84. The molecule has 0 atom stereocenters. The highest BCUT2D eigenvalue weighted by atomic mass is 35.5. The van der Waals surface area contributed by atoms with E-state index in [1.807, 2.05) is 30.0 Å². The van der Waals surface area contributed by atoms with E-state index in [2.05, 4.69) is 4.90 Å². The molecule has 0 unspecified atom stereocenters. The summed E-state index contributed by atoms with van der Waals surface area (Å²) in [6.45, 7) is 2.07. The van der Waals surface area contributed by atoms with E-state index in [9.17, 15) is 4.79 Å². The van der Waals surface area contributed by atoms with Crippen LogP contribution in [0.5, 0.6) is 0 Å². The number of hydrogen-bond donors (Lipinski definition) is 1. The van der Waals surface area contributed by atoms with E-state index < -0.39 is 5.97 Å². The zero-order valence-corrected chi connectivity index (χ0v) is 11.4. The summed E-state index contributed by atoms with van der Waals surface area (Å²) in [5, 5.41) is 9.17. The van der Waals surface area contributed by atoms with Crippen LogP contribution in [-0.2, 0) is 4.79 Å². The van der Waals surface area contributed by atoms with Crippen molar-refractivity contribution in [1.82, 2.24) is 0 Å². The zero-order valence-electron chi connectivity index (χ0n) is 9.80. The molecule has 0 aromatic heterocycles. The highest BCUT2D eigenvalue weighted by Gasteiger charge is 2.12. The molecule has 1 aliphatic heterocycles. The lowest BCUT2D eigenvalue weighted by molar-refractivity contribution is -0.131. The van der Waals surface area contributed by atoms with Crippen molar-refractivity contribution < 1.29 is 9.90 Å². The normalized spacial score (nSPS) is 16.2. The number of aliphatic carboxylic acids is 1. The Morgan fingerprint density at radius 2 is 2.11 bits per heavy atom. The molecule has 3 nitrogen and oxygen atoms in total. The number of carboxylic acids is 1. The minimum atomic E-state index is -0.969. The van der Waals surface area contributed by atoms with Crippen LogP contribution in [0.4, 0.5) is 5.69 Å². The molecule has 0 saturated carbocycles. The topological polar surface area (TPSA) is 40.5 Å². The van der Waals surface area contributed by atoms with Gasteiger partial charge in [-0.05, 0) is 23.8 Å². The van der Waals surface area contributed by atoms with Gasteiger partial charge in [-0.3, -0.25) is 0 Å². The summed E-state index contributed by atoms with van der Waals surface area (Å²) in [5.74, 6) is 1.31. The molecule has 1 aromatic carbocycles. The van der Waals surface area contributed by atoms with Crippen molar-refractivity contribution in [3.63, 3.8) is 0 Å². The van der Waals surface area contributed by atoms with Crippen LogP contribution in [0.15, 0.2) is 24.3 Å². The highest BCUT2D eigenvalue weighted by molar-refractivity contribution is 7.99. The molecule has 18 heavy (non-hydrogen) atoms. The molecule has 0 amide bonds. The second kappa shape index (κ2) is 6.16. The van der Waals surface area contributed by atoms with Crippen LogP contribution in [0.1, 0.15) is 5.56 Å². The first kappa shape index (κ1) is 13.3. The second-order valence-corrected chi connectivity index (χ2v) is 5.61. The van der Waals surface area contributed by atoms with Gasteiger partial charge in [0.2, 0.25) is 0 Å². The van der Waals surface area contributed by atoms with E-state index in [1.54, 1.807) is 0 Å². The molecule has 5 heteroatoms. The lowest BCUT2D eigenvalue weighted by atomic mass is 10.1.